The number of carbonyl (C=O) groups excluding carboxylic acids is 1. The Morgan fingerprint density at radius 2 is 2.03 bits per heavy atom. The molecule has 0 fully saturated rings. The monoisotopic (exact) mass is 426 g/mol. The molecular formula is C21H27N2NaO6. The van der Waals surface area contributed by atoms with Gasteiger partial charge in [0.15, 0.2) is 0 Å². The van der Waals surface area contributed by atoms with Gasteiger partial charge in [-0.1, -0.05) is 6.07 Å². The summed E-state index contributed by atoms with van der Waals surface area (Å²) in [7, 11) is 0. The molecule has 1 aliphatic heterocycles. The van der Waals surface area contributed by atoms with Crippen molar-refractivity contribution in [3.63, 3.8) is 0 Å². The molecule has 1 aromatic carbocycles. The van der Waals surface area contributed by atoms with E-state index in [1.54, 1.807) is 31.4 Å². The number of ether oxygens (including phenoxy) is 2. The van der Waals surface area contributed by atoms with Crippen LogP contribution >= 0.6 is 0 Å². The van der Waals surface area contributed by atoms with Crippen molar-refractivity contribution in [1.82, 2.24) is 9.88 Å². The van der Waals surface area contributed by atoms with Crippen LogP contribution in [-0.4, -0.2) is 63.4 Å². The van der Waals surface area contributed by atoms with E-state index in [2.05, 4.69) is 5.32 Å². The Kier molecular flexibility index (Phi) is 7.74. The number of nitrogens with one attached hydrogen (secondary N) is 1. The van der Waals surface area contributed by atoms with Crippen LogP contribution < -0.4 is 10.7 Å². The van der Waals surface area contributed by atoms with E-state index in [0.29, 0.717) is 31.4 Å². The molecule has 158 valence electrons. The van der Waals surface area contributed by atoms with E-state index < -0.39 is 23.1 Å². The number of hydrogen-bond donors (Lipinski definition) is 2. The standard InChI is InChI=1S/C21H26N2O6.Na.H/c1-12-23-10-16(19(25)26)18(24)15-9-13(8-14(11-28-12)17(15)23)6-5-7-22-20(27)29-21(2,3)4;;/h8-10,12H,5-7,11H2,1-4H3,(H,22,27)(H,25,26);;. The number of carboxylic acids is 1. The van der Waals surface area contributed by atoms with Crippen molar-refractivity contribution in [3.8, 4) is 0 Å². The average molecular weight is 426 g/mol. The van der Waals surface area contributed by atoms with Crippen molar-refractivity contribution < 1.29 is 24.2 Å². The second-order valence-electron chi connectivity index (χ2n) is 8.18. The number of rotatable bonds is 5. The van der Waals surface area contributed by atoms with Crippen LogP contribution in [0.5, 0.6) is 0 Å². The molecule has 1 unspecified atom stereocenters. The SMILES string of the molecule is CC1OCc2cc(CCCNC(=O)OC(C)(C)C)cc3c(=O)c(C(=O)O)cn1c23.[NaH]. The van der Waals surface area contributed by atoms with Crippen LogP contribution in [0.3, 0.4) is 0 Å². The molecule has 0 saturated heterocycles. The zero-order chi connectivity index (χ0) is 21.3. The molecule has 0 radical (unpaired) electrons. The van der Waals surface area contributed by atoms with Gasteiger partial charge in [0, 0.05) is 23.7 Å². The van der Waals surface area contributed by atoms with Crippen molar-refractivity contribution >= 4 is 52.5 Å². The molecule has 2 N–H and O–H groups in total. The van der Waals surface area contributed by atoms with Crippen molar-refractivity contribution in [2.75, 3.05) is 6.54 Å². The van der Waals surface area contributed by atoms with Crippen LogP contribution in [0.1, 0.15) is 61.8 Å². The number of alkyl carbamates (subject to hydrolysis) is 1. The van der Waals surface area contributed by atoms with Crippen molar-refractivity contribution in [3.05, 3.63) is 45.2 Å². The minimum atomic E-state index is -1.26. The molecule has 30 heavy (non-hydrogen) atoms. The van der Waals surface area contributed by atoms with Crippen molar-refractivity contribution in [2.24, 2.45) is 0 Å². The molecule has 0 spiro atoms. The van der Waals surface area contributed by atoms with E-state index in [-0.39, 0.29) is 41.3 Å². The number of carboxylic acid groups (broad SMARTS) is 1. The summed E-state index contributed by atoms with van der Waals surface area (Å²) in [5.74, 6) is -1.26. The molecule has 2 heterocycles. The first-order chi connectivity index (χ1) is 13.6. The van der Waals surface area contributed by atoms with Gasteiger partial charge in [0.25, 0.3) is 0 Å². The predicted octanol–water partition coefficient (Wildman–Crippen LogP) is 2.56. The number of aromatic nitrogens is 1. The molecule has 0 bridgehead atoms. The number of hydrogen-bond acceptors (Lipinski definition) is 5. The summed E-state index contributed by atoms with van der Waals surface area (Å²) < 4.78 is 12.6. The Morgan fingerprint density at radius 1 is 1.33 bits per heavy atom. The van der Waals surface area contributed by atoms with Gasteiger partial charge in [-0.05, 0) is 52.2 Å². The van der Waals surface area contributed by atoms with Crippen molar-refractivity contribution in [2.45, 2.75) is 59.0 Å². The number of carbonyl (C=O) groups is 2. The van der Waals surface area contributed by atoms with Gasteiger partial charge in [-0.3, -0.25) is 4.79 Å². The third-order valence-corrected chi connectivity index (χ3v) is 4.68. The van der Waals surface area contributed by atoms with Gasteiger partial charge < -0.3 is 24.5 Å². The Morgan fingerprint density at radius 3 is 2.67 bits per heavy atom. The van der Waals surface area contributed by atoms with Gasteiger partial charge >= 0.3 is 41.6 Å². The molecule has 1 aliphatic rings. The fourth-order valence-electron chi connectivity index (χ4n) is 3.43. The summed E-state index contributed by atoms with van der Waals surface area (Å²) in [6, 6.07) is 3.72. The van der Waals surface area contributed by atoms with Crippen molar-refractivity contribution in [1.29, 1.82) is 0 Å². The van der Waals surface area contributed by atoms with Crippen LogP contribution in [0.2, 0.25) is 0 Å². The van der Waals surface area contributed by atoms with Gasteiger partial charge in [-0.25, -0.2) is 9.59 Å². The van der Waals surface area contributed by atoms with E-state index in [4.69, 9.17) is 9.47 Å². The Bertz CT molecular complexity index is 1020. The summed E-state index contributed by atoms with van der Waals surface area (Å²) in [4.78, 5) is 35.9. The van der Waals surface area contributed by atoms with E-state index in [1.807, 2.05) is 13.0 Å². The quantitative estimate of drug-likeness (QED) is 0.562. The van der Waals surface area contributed by atoms with Gasteiger partial charge in [0.05, 0.1) is 12.1 Å². The Balaban J connectivity index is 0.00000320. The Hall–Kier alpha value is -1.87. The fraction of sp³-hybridized carbons (Fsp3) is 0.476. The van der Waals surface area contributed by atoms with Gasteiger partial charge in [-0.2, -0.15) is 0 Å². The molecular weight excluding hydrogens is 399 g/mol. The summed E-state index contributed by atoms with van der Waals surface area (Å²) in [6.07, 6.45) is 1.79. The van der Waals surface area contributed by atoms with E-state index in [0.717, 1.165) is 16.6 Å². The minimum absolute atomic E-state index is 0. The molecule has 1 amide bonds. The normalized spacial score (nSPS) is 15.4. The molecule has 0 aliphatic carbocycles. The molecule has 2 aromatic rings. The third-order valence-electron chi connectivity index (χ3n) is 4.68. The number of amides is 1. The zero-order valence-corrected chi connectivity index (χ0v) is 17.1. The summed E-state index contributed by atoms with van der Waals surface area (Å²) in [5, 5.41) is 12.5. The fourth-order valence-corrected chi connectivity index (χ4v) is 3.43. The average Bonchev–Trinajstić information content (AvgIpc) is 2.61. The first kappa shape index (κ1) is 24.4. The molecule has 1 aromatic heterocycles. The maximum atomic E-state index is 12.7. The molecule has 8 nitrogen and oxygen atoms in total. The second-order valence-corrected chi connectivity index (χ2v) is 8.18. The summed E-state index contributed by atoms with van der Waals surface area (Å²) in [6.45, 7) is 7.99. The number of aromatic carboxylic acids is 1. The van der Waals surface area contributed by atoms with E-state index in [9.17, 15) is 19.5 Å². The van der Waals surface area contributed by atoms with Gasteiger partial charge in [0.2, 0.25) is 5.43 Å². The van der Waals surface area contributed by atoms with Crippen LogP contribution in [0.4, 0.5) is 4.79 Å². The predicted molar refractivity (Wildman–Crippen MR) is 114 cm³/mol. The third kappa shape index (κ3) is 5.43. The van der Waals surface area contributed by atoms with Gasteiger partial charge in [-0.15, -0.1) is 0 Å². The number of nitrogens with zero attached hydrogens (tertiary/aromatic N) is 1. The molecule has 9 heteroatoms. The summed E-state index contributed by atoms with van der Waals surface area (Å²) in [5.41, 5.74) is 1.14. The first-order valence-corrected chi connectivity index (χ1v) is 9.59. The topological polar surface area (TPSA) is 107 Å². The maximum absolute atomic E-state index is 12.7. The van der Waals surface area contributed by atoms with Crippen LogP contribution in [-0.2, 0) is 22.5 Å². The zero-order valence-electron chi connectivity index (χ0n) is 17.1. The summed E-state index contributed by atoms with van der Waals surface area (Å²) >= 11 is 0. The molecule has 1 atom stereocenters. The first-order valence-electron chi connectivity index (χ1n) is 9.59. The number of benzene rings is 1. The van der Waals surface area contributed by atoms with E-state index in [1.165, 1.54) is 6.20 Å². The Labute approximate surface area is 196 Å². The number of aryl methyl sites for hydroxylation is 1. The van der Waals surface area contributed by atoms with Crippen LogP contribution in [0, 0.1) is 0 Å². The van der Waals surface area contributed by atoms with Crippen LogP contribution in [0.25, 0.3) is 10.9 Å². The second kappa shape index (κ2) is 9.51. The van der Waals surface area contributed by atoms with E-state index >= 15 is 0 Å². The number of pyridine rings is 1. The van der Waals surface area contributed by atoms with Crippen LogP contribution in [0.15, 0.2) is 23.1 Å². The molecule has 3 rings (SSSR count). The molecule has 0 saturated carbocycles. The van der Waals surface area contributed by atoms with Gasteiger partial charge in [0.1, 0.15) is 17.4 Å².